The van der Waals surface area contributed by atoms with Crippen LogP contribution in [0.4, 0.5) is 8.78 Å². The first-order chi connectivity index (χ1) is 8.61. The number of carbonyl (C=O) groups excluding carboxylic acids is 1. The van der Waals surface area contributed by atoms with Gasteiger partial charge in [0.15, 0.2) is 11.6 Å². The maximum absolute atomic E-state index is 13.0. The third-order valence-corrected chi connectivity index (χ3v) is 2.29. The van der Waals surface area contributed by atoms with Crippen LogP contribution in [-0.2, 0) is 4.74 Å². The van der Waals surface area contributed by atoms with E-state index in [0.29, 0.717) is 11.3 Å². The standard InChI is InChI=1S/C12H10F2N2O2/c1-2-18-12(17)11-6-10(15-16-11)7-3-4-8(13)9(14)5-7/h3-6H,2H2,1H3,(H,15,16). The number of nitrogens with one attached hydrogen (secondary N) is 1. The summed E-state index contributed by atoms with van der Waals surface area (Å²) in [7, 11) is 0. The SMILES string of the molecule is CCOC(=O)c1cc(-c2ccc(F)c(F)c2)n[nH]1. The van der Waals surface area contributed by atoms with E-state index >= 15 is 0 Å². The molecular formula is C12H10F2N2O2. The Hall–Kier alpha value is -2.24. The number of hydrogen-bond acceptors (Lipinski definition) is 3. The fourth-order valence-electron chi connectivity index (χ4n) is 1.44. The molecule has 2 aromatic rings. The number of aromatic amines is 1. The zero-order chi connectivity index (χ0) is 13.1. The number of aromatic nitrogens is 2. The molecule has 2 rings (SSSR count). The van der Waals surface area contributed by atoms with Crippen molar-refractivity contribution in [3.63, 3.8) is 0 Å². The molecule has 0 bridgehead atoms. The number of esters is 1. The number of benzene rings is 1. The van der Waals surface area contributed by atoms with Crippen LogP contribution in [-0.4, -0.2) is 22.8 Å². The number of H-pyrrole nitrogens is 1. The summed E-state index contributed by atoms with van der Waals surface area (Å²) in [6, 6.07) is 4.82. The van der Waals surface area contributed by atoms with Crippen molar-refractivity contribution in [3.8, 4) is 11.3 Å². The van der Waals surface area contributed by atoms with Gasteiger partial charge in [-0.15, -0.1) is 0 Å². The molecule has 0 fully saturated rings. The van der Waals surface area contributed by atoms with Crippen molar-refractivity contribution in [3.05, 3.63) is 41.6 Å². The Morgan fingerprint density at radius 2 is 2.11 bits per heavy atom. The smallest absolute Gasteiger partial charge is 0.356 e. The lowest BCUT2D eigenvalue weighted by atomic mass is 10.1. The van der Waals surface area contributed by atoms with Gasteiger partial charge in [0.25, 0.3) is 0 Å². The normalized spacial score (nSPS) is 10.4. The molecule has 0 spiro atoms. The van der Waals surface area contributed by atoms with E-state index < -0.39 is 17.6 Å². The first-order valence-corrected chi connectivity index (χ1v) is 5.29. The van der Waals surface area contributed by atoms with Crippen LogP contribution in [0.25, 0.3) is 11.3 Å². The van der Waals surface area contributed by atoms with Crippen LogP contribution in [0.2, 0.25) is 0 Å². The van der Waals surface area contributed by atoms with Crippen molar-refractivity contribution in [1.82, 2.24) is 10.2 Å². The van der Waals surface area contributed by atoms with E-state index in [4.69, 9.17) is 4.74 Å². The highest BCUT2D eigenvalue weighted by molar-refractivity contribution is 5.88. The van der Waals surface area contributed by atoms with Crippen molar-refractivity contribution < 1.29 is 18.3 Å². The number of nitrogens with zero attached hydrogens (tertiary/aromatic N) is 1. The first-order valence-electron chi connectivity index (χ1n) is 5.29. The lowest BCUT2D eigenvalue weighted by molar-refractivity contribution is 0.0519. The maximum Gasteiger partial charge on any atom is 0.356 e. The highest BCUT2D eigenvalue weighted by Crippen LogP contribution is 2.20. The van der Waals surface area contributed by atoms with Crippen molar-refractivity contribution >= 4 is 5.97 Å². The van der Waals surface area contributed by atoms with Gasteiger partial charge in [0.1, 0.15) is 5.69 Å². The Labute approximate surface area is 102 Å². The molecular weight excluding hydrogens is 242 g/mol. The number of hydrogen-bond donors (Lipinski definition) is 1. The molecule has 0 radical (unpaired) electrons. The molecule has 0 aliphatic rings. The van der Waals surface area contributed by atoms with Crippen LogP contribution in [0, 0.1) is 11.6 Å². The summed E-state index contributed by atoms with van der Waals surface area (Å²) < 4.78 is 30.6. The zero-order valence-corrected chi connectivity index (χ0v) is 9.54. The van der Waals surface area contributed by atoms with Crippen LogP contribution in [0.1, 0.15) is 17.4 Å². The summed E-state index contributed by atoms with van der Waals surface area (Å²) in [5.41, 5.74) is 0.884. The van der Waals surface area contributed by atoms with Gasteiger partial charge in [0.2, 0.25) is 0 Å². The fourth-order valence-corrected chi connectivity index (χ4v) is 1.44. The molecule has 94 valence electrons. The average Bonchev–Trinajstić information content (AvgIpc) is 2.82. The van der Waals surface area contributed by atoms with Crippen molar-refractivity contribution in [2.45, 2.75) is 6.92 Å². The van der Waals surface area contributed by atoms with Gasteiger partial charge in [0, 0.05) is 5.56 Å². The van der Waals surface area contributed by atoms with Gasteiger partial charge in [-0.05, 0) is 31.2 Å². The molecule has 6 heteroatoms. The minimum Gasteiger partial charge on any atom is -0.461 e. The Bertz CT molecular complexity index is 581. The van der Waals surface area contributed by atoms with Gasteiger partial charge >= 0.3 is 5.97 Å². The third kappa shape index (κ3) is 2.37. The first kappa shape index (κ1) is 12.2. The summed E-state index contributed by atoms with van der Waals surface area (Å²) in [6.45, 7) is 1.93. The van der Waals surface area contributed by atoms with E-state index in [0.717, 1.165) is 12.1 Å². The van der Waals surface area contributed by atoms with Gasteiger partial charge in [0.05, 0.1) is 12.3 Å². The van der Waals surface area contributed by atoms with Gasteiger partial charge in [-0.2, -0.15) is 5.10 Å². The molecule has 1 aromatic carbocycles. The molecule has 18 heavy (non-hydrogen) atoms. The summed E-state index contributed by atoms with van der Waals surface area (Å²) in [5.74, 6) is -2.44. The van der Waals surface area contributed by atoms with Crippen LogP contribution in [0.5, 0.6) is 0 Å². The lowest BCUT2D eigenvalue weighted by Crippen LogP contribution is -2.04. The van der Waals surface area contributed by atoms with Crippen LogP contribution in [0.15, 0.2) is 24.3 Å². The minimum absolute atomic E-state index is 0.164. The lowest BCUT2D eigenvalue weighted by Gasteiger charge is -1.97. The van der Waals surface area contributed by atoms with Crippen molar-refractivity contribution in [2.24, 2.45) is 0 Å². The molecule has 0 saturated heterocycles. The summed E-state index contributed by atoms with van der Waals surface area (Å²) in [6.07, 6.45) is 0. The molecule has 1 N–H and O–H groups in total. The molecule has 0 atom stereocenters. The van der Waals surface area contributed by atoms with Gasteiger partial charge < -0.3 is 4.74 Å². The quantitative estimate of drug-likeness (QED) is 0.854. The van der Waals surface area contributed by atoms with Gasteiger partial charge in [-0.3, -0.25) is 5.10 Å². The van der Waals surface area contributed by atoms with Crippen molar-refractivity contribution in [1.29, 1.82) is 0 Å². The monoisotopic (exact) mass is 252 g/mol. The molecule has 0 aliphatic carbocycles. The van der Waals surface area contributed by atoms with Crippen LogP contribution in [0.3, 0.4) is 0 Å². The number of rotatable bonds is 3. The van der Waals surface area contributed by atoms with E-state index in [1.807, 2.05) is 0 Å². The Kier molecular flexibility index (Phi) is 3.36. The van der Waals surface area contributed by atoms with E-state index in [2.05, 4.69) is 10.2 Å². The minimum atomic E-state index is -0.965. The van der Waals surface area contributed by atoms with E-state index in [9.17, 15) is 13.6 Å². The molecule has 1 heterocycles. The van der Waals surface area contributed by atoms with E-state index in [1.165, 1.54) is 12.1 Å². The maximum atomic E-state index is 13.0. The van der Waals surface area contributed by atoms with Gasteiger partial charge in [-0.25, -0.2) is 13.6 Å². The molecule has 0 saturated carbocycles. The number of ether oxygens (including phenoxy) is 1. The predicted molar refractivity (Wildman–Crippen MR) is 59.9 cm³/mol. The molecule has 0 unspecified atom stereocenters. The third-order valence-electron chi connectivity index (χ3n) is 2.29. The predicted octanol–water partition coefficient (Wildman–Crippen LogP) is 2.53. The number of halogens is 2. The second kappa shape index (κ2) is 4.95. The number of carbonyl (C=O) groups is 1. The second-order valence-electron chi connectivity index (χ2n) is 3.52. The average molecular weight is 252 g/mol. The molecule has 0 amide bonds. The summed E-state index contributed by atoms with van der Waals surface area (Å²) in [4.78, 5) is 11.4. The zero-order valence-electron chi connectivity index (χ0n) is 9.54. The van der Waals surface area contributed by atoms with Crippen LogP contribution >= 0.6 is 0 Å². The van der Waals surface area contributed by atoms with Gasteiger partial charge in [-0.1, -0.05) is 0 Å². The summed E-state index contributed by atoms with van der Waals surface area (Å²) >= 11 is 0. The van der Waals surface area contributed by atoms with Crippen LogP contribution < -0.4 is 0 Å². The molecule has 0 aliphatic heterocycles. The molecule has 1 aromatic heterocycles. The summed E-state index contributed by atoms with van der Waals surface area (Å²) in [5, 5.41) is 6.33. The van der Waals surface area contributed by atoms with Crippen molar-refractivity contribution in [2.75, 3.05) is 6.61 Å². The Morgan fingerprint density at radius 1 is 1.33 bits per heavy atom. The Morgan fingerprint density at radius 3 is 2.78 bits per heavy atom. The topological polar surface area (TPSA) is 55.0 Å². The Balaban J connectivity index is 2.29. The largest absolute Gasteiger partial charge is 0.461 e. The van der Waals surface area contributed by atoms with E-state index in [1.54, 1.807) is 6.92 Å². The fraction of sp³-hybridized carbons (Fsp3) is 0.167. The molecule has 4 nitrogen and oxygen atoms in total. The second-order valence-corrected chi connectivity index (χ2v) is 3.52. The highest BCUT2D eigenvalue weighted by atomic mass is 19.2. The highest BCUT2D eigenvalue weighted by Gasteiger charge is 2.12. The van der Waals surface area contributed by atoms with E-state index in [-0.39, 0.29) is 12.3 Å².